The summed E-state index contributed by atoms with van der Waals surface area (Å²) in [7, 11) is 0. The molecule has 0 aromatic rings. The molecule has 0 aromatic heterocycles. The highest BCUT2D eigenvalue weighted by molar-refractivity contribution is 9.07. The van der Waals surface area contributed by atoms with Crippen molar-refractivity contribution in [1.82, 2.24) is 8.34 Å². The van der Waals surface area contributed by atoms with Crippen molar-refractivity contribution in [3.63, 3.8) is 0 Å². The maximum atomic E-state index is 10.7. The smallest absolute Gasteiger partial charge is 0.269 e. The molecule has 0 aromatic carbocycles. The van der Waals surface area contributed by atoms with Gasteiger partial charge >= 0.3 is 6.03 Å². The van der Waals surface area contributed by atoms with Crippen LogP contribution in [0.25, 0.3) is 0 Å². The number of nitrogens with zero attached hydrogens (tertiary/aromatic N) is 2. The van der Waals surface area contributed by atoms with Crippen molar-refractivity contribution in [1.29, 1.82) is 0 Å². The van der Waals surface area contributed by atoms with Crippen molar-refractivity contribution in [2.75, 3.05) is 0 Å². The molecule has 1 fully saturated rings. The number of alkyl halides is 1. The Balaban J connectivity index is 2.89. The molecule has 1 atom stereocenters. The fourth-order valence-corrected chi connectivity index (χ4v) is 1.30. The van der Waals surface area contributed by atoms with Gasteiger partial charge in [0.15, 0.2) is 5.50 Å². The van der Waals surface area contributed by atoms with E-state index in [2.05, 4.69) is 16.1 Å². The van der Waals surface area contributed by atoms with Crippen LogP contribution in [0.15, 0.2) is 0 Å². The molecule has 0 bridgehead atoms. The molecule has 4 nitrogen and oxygen atoms in total. The second kappa shape index (κ2) is 2.56. The maximum Gasteiger partial charge on any atom is 0.353 e. The zero-order valence-electron chi connectivity index (χ0n) is 4.42. The van der Waals surface area contributed by atoms with Gasteiger partial charge in [0.25, 0.3) is 5.91 Å². The van der Waals surface area contributed by atoms with E-state index >= 15 is 0 Å². The number of urea groups is 1. The standard InChI is InChI=1S/C3HBrCl2N2O2/c4-7-1(5)2(9)8(6)3(7)10/h1H. The summed E-state index contributed by atoms with van der Waals surface area (Å²) in [5, 5.41) is 0. The molecular formula is C3HBrCl2N2O2. The van der Waals surface area contributed by atoms with E-state index in [1.54, 1.807) is 0 Å². The highest BCUT2D eigenvalue weighted by Crippen LogP contribution is 2.24. The summed E-state index contributed by atoms with van der Waals surface area (Å²) >= 11 is 13.3. The van der Waals surface area contributed by atoms with Gasteiger partial charge in [-0.25, -0.2) is 8.72 Å². The van der Waals surface area contributed by atoms with Gasteiger partial charge in [0, 0.05) is 11.8 Å². The third-order valence-electron chi connectivity index (χ3n) is 0.947. The molecular weight excluding hydrogens is 247 g/mol. The SMILES string of the molecule is O=C1C(Cl)N(Br)C(=O)N1Cl. The van der Waals surface area contributed by atoms with Crippen LogP contribution in [0.2, 0.25) is 0 Å². The molecule has 10 heavy (non-hydrogen) atoms. The van der Waals surface area contributed by atoms with Gasteiger partial charge in [0.1, 0.15) is 0 Å². The Hall–Kier alpha value is -0.000000000000000111. The molecule has 1 aliphatic rings. The Morgan fingerprint density at radius 3 is 2.10 bits per heavy atom. The average molecular weight is 248 g/mol. The van der Waals surface area contributed by atoms with Crippen LogP contribution in [0.3, 0.4) is 0 Å². The molecule has 1 rings (SSSR count). The molecule has 1 aliphatic heterocycles. The van der Waals surface area contributed by atoms with Crippen LogP contribution >= 0.6 is 39.5 Å². The number of carbonyl (C=O) groups is 2. The Kier molecular flexibility index (Phi) is 2.07. The van der Waals surface area contributed by atoms with Gasteiger partial charge in [-0.2, -0.15) is 4.42 Å². The van der Waals surface area contributed by atoms with Crippen LogP contribution in [0.4, 0.5) is 4.79 Å². The van der Waals surface area contributed by atoms with Gasteiger partial charge in [0.2, 0.25) is 0 Å². The fraction of sp³-hybridized carbons (Fsp3) is 0.333. The number of amides is 3. The van der Waals surface area contributed by atoms with E-state index in [-0.39, 0.29) is 0 Å². The predicted octanol–water partition coefficient (Wildman–Crippen LogP) is 1.28. The van der Waals surface area contributed by atoms with Gasteiger partial charge in [0.05, 0.1) is 16.1 Å². The van der Waals surface area contributed by atoms with Gasteiger partial charge < -0.3 is 0 Å². The summed E-state index contributed by atoms with van der Waals surface area (Å²) in [6.45, 7) is 0. The molecule has 7 heteroatoms. The number of hydrogen-bond donors (Lipinski definition) is 0. The van der Waals surface area contributed by atoms with E-state index in [1.807, 2.05) is 0 Å². The molecule has 0 spiro atoms. The summed E-state index contributed by atoms with van der Waals surface area (Å²) < 4.78 is 1.29. The Labute approximate surface area is 75.1 Å². The Bertz CT molecular complexity index is 179. The second-order valence-corrected chi connectivity index (χ2v) is 3.06. The predicted molar refractivity (Wildman–Crippen MR) is 38.5 cm³/mol. The van der Waals surface area contributed by atoms with E-state index in [0.717, 1.165) is 3.93 Å². The van der Waals surface area contributed by atoms with Gasteiger partial charge in [-0.15, -0.1) is 0 Å². The lowest BCUT2D eigenvalue weighted by atomic mass is 10.6. The number of hydrogen-bond acceptors (Lipinski definition) is 2. The molecule has 3 amide bonds. The summed E-state index contributed by atoms with van der Waals surface area (Å²) in [5.74, 6) is -0.648. The van der Waals surface area contributed by atoms with Crippen LogP contribution < -0.4 is 0 Å². The van der Waals surface area contributed by atoms with E-state index in [9.17, 15) is 9.59 Å². The third-order valence-corrected chi connectivity index (χ3v) is 2.59. The van der Waals surface area contributed by atoms with Crippen molar-refractivity contribution < 1.29 is 9.59 Å². The first-order valence-corrected chi connectivity index (χ1v) is 3.67. The minimum Gasteiger partial charge on any atom is -0.269 e. The normalized spacial score (nSPS) is 26.5. The lowest BCUT2D eigenvalue weighted by Crippen LogP contribution is -2.19. The molecule has 0 N–H and O–H groups in total. The number of rotatable bonds is 0. The first-order valence-electron chi connectivity index (χ1n) is 2.18. The number of carbonyl (C=O) groups excluding carboxylic acids is 2. The van der Waals surface area contributed by atoms with Crippen molar-refractivity contribution in [2.45, 2.75) is 5.50 Å². The highest BCUT2D eigenvalue weighted by Gasteiger charge is 2.42. The first-order chi connectivity index (χ1) is 4.55. The van der Waals surface area contributed by atoms with Crippen LogP contribution in [0, 0.1) is 0 Å². The molecule has 0 saturated carbocycles. The molecule has 1 saturated heterocycles. The van der Waals surface area contributed by atoms with Crippen molar-refractivity contribution in [2.24, 2.45) is 0 Å². The van der Waals surface area contributed by atoms with Crippen LogP contribution in [-0.2, 0) is 4.79 Å². The molecule has 1 unspecified atom stereocenters. The lowest BCUT2D eigenvalue weighted by molar-refractivity contribution is -0.122. The van der Waals surface area contributed by atoms with Crippen molar-refractivity contribution >= 4 is 51.5 Å². The maximum absolute atomic E-state index is 10.7. The minimum absolute atomic E-state index is 0.423. The molecule has 1 heterocycles. The average Bonchev–Trinajstić information content (AvgIpc) is 2.07. The molecule has 0 aliphatic carbocycles. The van der Waals surface area contributed by atoms with E-state index < -0.39 is 17.4 Å². The summed E-state index contributed by atoms with van der Waals surface area (Å²) in [6, 6.07) is -0.674. The van der Waals surface area contributed by atoms with E-state index in [4.69, 9.17) is 23.4 Å². The summed E-state index contributed by atoms with van der Waals surface area (Å²) in [4.78, 5) is 21.4. The zero-order valence-corrected chi connectivity index (χ0v) is 7.52. The lowest BCUT2D eigenvalue weighted by Gasteiger charge is -2.03. The van der Waals surface area contributed by atoms with Gasteiger partial charge in [-0.1, -0.05) is 11.6 Å². The van der Waals surface area contributed by atoms with Gasteiger partial charge in [-0.3, -0.25) is 4.79 Å². The minimum atomic E-state index is -1.04. The molecule has 56 valence electrons. The zero-order chi connectivity index (χ0) is 7.89. The summed E-state index contributed by atoms with van der Waals surface area (Å²) in [6.07, 6.45) is 0. The topological polar surface area (TPSA) is 40.6 Å². The summed E-state index contributed by atoms with van der Waals surface area (Å²) in [5.41, 5.74) is -1.04. The molecule has 0 radical (unpaired) electrons. The number of imide groups is 1. The quantitative estimate of drug-likeness (QED) is 0.280. The third kappa shape index (κ3) is 0.980. The fourth-order valence-electron chi connectivity index (χ4n) is 0.466. The van der Waals surface area contributed by atoms with Crippen molar-refractivity contribution in [3.05, 3.63) is 0 Å². The van der Waals surface area contributed by atoms with E-state index in [1.165, 1.54) is 0 Å². The second-order valence-electron chi connectivity index (χ2n) is 1.55. The van der Waals surface area contributed by atoms with Crippen LogP contribution in [0.5, 0.6) is 0 Å². The largest absolute Gasteiger partial charge is 0.353 e. The van der Waals surface area contributed by atoms with Crippen LogP contribution in [0.1, 0.15) is 0 Å². The Morgan fingerprint density at radius 1 is 1.50 bits per heavy atom. The first kappa shape index (κ1) is 8.10. The monoisotopic (exact) mass is 246 g/mol. The Morgan fingerprint density at radius 2 is 2.00 bits per heavy atom. The van der Waals surface area contributed by atoms with Crippen LogP contribution in [-0.4, -0.2) is 25.8 Å². The number of halogens is 3. The highest BCUT2D eigenvalue weighted by atomic mass is 79.9. The van der Waals surface area contributed by atoms with Crippen molar-refractivity contribution in [3.8, 4) is 0 Å². The van der Waals surface area contributed by atoms with Gasteiger partial charge in [-0.05, 0) is 0 Å². The van der Waals surface area contributed by atoms with E-state index in [0.29, 0.717) is 4.42 Å².